The molecule has 0 aromatic heterocycles. The van der Waals surface area contributed by atoms with Crippen LogP contribution in [-0.2, 0) is 0 Å². The second kappa shape index (κ2) is 4.71. The third kappa shape index (κ3) is 2.66. The van der Waals surface area contributed by atoms with Crippen molar-refractivity contribution in [1.82, 2.24) is 0 Å². The molecule has 0 spiro atoms. The minimum absolute atomic E-state index is 0.0874. The average Bonchev–Trinajstić information content (AvgIpc) is 2.15. The van der Waals surface area contributed by atoms with Gasteiger partial charge in [-0.15, -0.1) is 0 Å². The first kappa shape index (κ1) is 11.4. The van der Waals surface area contributed by atoms with Crippen LogP contribution < -0.4 is 0 Å². The van der Waals surface area contributed by atoms with Crippen LogP contribution in [0.2, 0.25) is 5.02 Å². The summed E-state index contributed by atoms with van der Waals surface area (Å²) in [7, 11) is 0. The Morgan fingerprint density at radius 1 is 1.50 bits per heavy atom. The molecule has 0 fully saturated rings. The Labute approximate surface area is 95.4 Å². The number of carbonyl (C=O) groups excluding carboxylic acids is 2. The summed E-state index contributed by atoms with van der Waals surface area (Å²) in [5, 5.41) is 0.395. The summed E-state index contributed by atoms with van der Waals surface area (Å²) in [4.78, 5) is 21.8. The maximum atomic E-state index is 11.5. The summed E-state index contributed by atoms with van der Waals surface area (Å²) in [6.07, 6.45) is 0.668. The van der Waals surface area contributed by atoms with Crippen molar-refractivity contribution in [2.75, 3.05) is 0 Å². The zero-order chi connectivity index (χ0) is 10.7. The molecule has 0 radical (unpaired) electrons. The molecule has 0 aliphatic rings. The lowest BCUT2D eigenvalue weighted by Gasteiger charge is -2.04. The van der Waals surface area contributed by atoms with Crippen molar-refractivity contribution < 1.29 is 9.59 Å². The van der Waals surface area contributed by atoms with Gasteiger partial charge in [0, 0.05) is 16.1 Å². The van der Waals surface area contributed by atoms with Crippen molar-refractivity contribution in [3.8, 4) is 0 Å². The van der Waals surface area contributed by atoms with E-state index in [9.17, 15) is 9.59 Å². The maximum Gasteiger partial charge on any atom is 0.176 e. The van der Waals surface area contributed by atoms with Gasteiger partial charge in [-0.05, 0) is 25.1 Å². The summed E-state index contributed by atoms with van der Waals surface area (Å²) >= 11 is 8.92. The number of hydrogen-bond acceptors (Lipinski definition) is 2. The van der Waals surface area contributed by atoms with Crippen LogP contribution in [0.4, 0.5) is 0 Å². The lowest BCUT2D eigenvalue weighted by atomic mass is 10.1. The molecule has 0 amide bonds. The summed E-state index contributed by atoms with van der Waals surface area (Å²) in [6, 6.07) is 4.60. The van der Waals surface area contributed by atoms with Crippen LogP contribution in [0, 0.1) is 0 Å². The van der Waals surface area contributed by atoms with Gasteiger partial charge in [0.25, 0.3) is 0 Å². The molecule has 0 heterocycles. The highest BCUT2D eigenvalue weighted by Crippen LogP contribution is 2.17. The Morgan fingerprint density at radius 2 is 2.14 bits per heavy atom. The van der Waals surface area contributed by atoms with Gasteiger partial charge in [0.1, 0.15) is 6.29 Å². The Balaban J connectivity index is 3.15. The summed E-state index contributed by atoms with van der Waals surface area (Å²) in [5.41, 5.74) is 0.859. The van der Waals surface area contributed by atoms with Gasteiger partial charge in [0.2, 0.25) is 0 Å². The SMILES string of the molecule is CC(Br)C(=O)c1cc(Cl)cc(C=O)c1. The summed E-state index contributed by atoms with van der Waals surface area (Å²) in [6.45, 7) is 1.73. The number of halogens is 2. The smallest absolute Gasteiger partial charge is 0.176 e. The number of carbonyl (C=O) groups is 2. The minimum atomic E-state index is -0.277. The predicted molar refractivity (Wildman–Crippen MR) is 59.6 cm³/mol. The first-order valence-electron chi connectivity index (χ1n) is 3.98. The fraction of sp³-hybridized carbons (Fsp3) is 0.200. The number of rotatable bonds is 3. The normalized spacial score (nSPS) is 12.2. The standard InChI is InChI=1S/C10H8BrClO2/c1-6(11)10(14)8-2-7(5-13)3-9(12)4-8/h2-6H,1H3. The molecule has 0 aliphatic carbocycles. The predicted octanol–water partition coefficient (Wildman–Crippen LogP) is 3.12. The molecule has 14 heavy (non-hydrogen) atoms. The molecule has 1 unspecified atom stereocenters. The van der Waals surface area contributed by atoms with E-state index in [0.717, 1.165) is 0 Å². The lowest BCUT2D eigenvalue weighted by molar-refractivity contribution is 0.0996. The Kier molecular flexibility index (Phi) is 3.84. The Hall–Kier alpha value is -0.670. The number of hydrogen-bond donors (Lipinski definition) is 0. The van der Waals surface area contributed by atoms with Gasteiger partial charge in [-0.25, -0.2) is 0 Å². The van der Waals surface area contributed by atoms with E-state index >= 15 is 0 Å². The van der Waals surface area contributed by atoms with Gasteiger partial charge in [-0.3, -0.25) is 9.59 Å². The van der Waals surface area contributed by atoms with E-state index in [-0.39, 0.29) is 10.6 Å². The number of alkyl halides is 1. The minimum Gasteiger partial charge on any atom is -0.298 e. The van der Waals surface area contributed by atoms with Crippen LogP contribution in [0.3, 0.4) is 0 Å². The van der Waals surface area contributed by atoms with E-state index in [4.69, 9.17) is 11.6 Å². The van der Waals surface area contributed by atoms with E-state index in [1.54, 1.807) is 13.0 Å². The second-order valence-electron chi connectivity index (χ2n) is 2.87. The van der Waals surface area contributed by atoms with Crippen LogP contribution >= 0.6 is 27.5 Å². The van der Waals surface area contributed by atoms with Crippen molar-refractivity contribution in [2.45, 2.75) is 11.8 Å². The third-order valence-corrected chi connectivity index (χ3v) is 2.34. The fourth-order valence-corrected chi connectivity index (χ4v) is 1.56. The highest BCUT2D eigenvalue weighted by Gasteiger charge is 2.13. The molecule has 74 valence electrons. The Morgan fingerprint density at radius 3 is 2.64 bits per heavy atom. The van der Waals surface area contributed by atoms with Gasteiger partial charge < -0.3 is 0 Å². The molecule has 0 bridgehead atoms. The van der Waals surface area contributed by atoms with Gasteiger partial charge in [0.15, 0.2) is 5.78 Å². The van der Waals surface area contributed by atoms with E-state index in [0.29, 0.717) is 22.4 Å². The van der Waals surface area contributed by atoms with Gasteiger partial charge in [-0.2, -0.15) is 0 Å². The van der Waals surface area contributed by atoms with Crippen LogP contribution in [-0.4, -0.2) is 16.9 Å². The highest BCUT2D eigenvalue weighted by molar-refractivity contribution is 9.10. The molecule has 2 nitrogen and oxygen atoms in total. The molecular weight excluding hydrogens is 267 g/mol. The van der Waals surface area contributed by atoms with E-state index in [1.807, 2.05) is 0 Å². The molecule has 0 saturated heterocycles. The number of ketones is 1. The molecule has 1 aromatic carbocycles. The maximum absolute atomic E-state index is 11.5. The fourth-order valence-electron chi connectivity index (χ4n) is 1.05. The molecule has 4 heteroatoms. The van der Waals surface area contributed by atoms with Crippen LogP contribution in [0.25, 0.3) is 0 Å². The monoisotopic (exact) mass is 274 g/mol. The van der Waals surface area contributed by atoms with Crippen molar-refractivity contribution in [3.05, 3.63) is 34.3 Å². The molecule has 0 aliphatic heterocycles. The molecular formula is C10H8BrClO2. The topological polar surface area (TPSA) is 34.1 Å². The molecule has 0 saturated carbocycles. The third-order valence-electron chi connectivity index (χ3n) is 1.70. The highest BCUT2D eigenvalue weighted by atomic mass is 79.9. The van der Waals surface area contributed by atoms with E-state index < -0.39 is 0 Å². The van der Waals surface area contributed by atoms with Crippen LogP contribution in [0.1, 0.15) is 27.6 Å². The number of aldehydes is 1. The first-order valence-corrected chi connectivity index (χ1v) is 5.28. The molecule has 0 N–H and O–H groups in total. The largest absolute Gasteiger partial charge is 0.298 e. The van der Waals surface area contributed by atoms with Crippen molar-refractivity contribution >= 4 is 39.6 Å². The van der Waals surface area contributed by atoms with Gasteiger partial charge >= 0.3 is 0 Å². The van der Waals surface area contributed by atoms with Gasteiger partial charge in [0.05, 0.1) is 4.83 Å². The van der Waals surface area contributed by atoms with Crippen molar-refractivity contribution in [3.63, 3.8) is 0 Å². The second-order valence-corrected chi connectivity index (χ2v) is 4.68. The summed E-state index contributed by atoms with van der Waals surface area (Å²) in [5.74, 6) is -0.0874. The summed E-state index contributed by atoms with van der Waals surface area (Å²) < 4.78 is 0. The quantitative estimate of drug-likeness (QED) is 0.482. The molecule has 1 atom stereocenters. The van der Waals surface area contributed by atoms with Gasteiger partial charge in [-0.1, -0.05) is 27.5 Å². The first-order chi connectivity index (χ1) is 6.54. The average molecular weight is 276 g/mol. The van der Waals surface area contributed by atoms with E-state index in [2.05, 4.69) is 15.9 Å². The zero-order valence-corrected chi connectivity index (χ0v) is 9.80. The van der Waals surface area contributed by atoms with Crippen molar-refractivity contribution in [2.24, 2.45) is 0 Å². The number of benzene rings is 1. The van der Waals surface area contributed by atoms with Crippen molar-refractivity contribution in [1.29, 1.82) is 0 Å². The van der Waals surface area contributed by atoms with Crippen LogP contribution in [0.5, 0.6) is 0 Å². The Bertz CT molecular complexity index is 374. The van der Waals surface area contributed by atoms with Crippen LogP contribution in [0.15, 0.2) is 18.2 Å². The molecule has 1 aromatic rings. The molecule has 1 rings (SSSR count). The zero-order valence-electron chi connectivity index (χ0n) is 7.46. The lowest BCUT2D eigenvalue weighted by Crippen LogP contribution is -2.10. The number of Topliss-reactive ketones (excluding diaryl/α,β-unsaturated/α-hetero) is 1. The van der Waals surface area contributed by atoms with E-state index in [1.165, 1.54) is 12.1 Å².